The van der Waals surface area contributed by atoms with Gasteiger partial charge in [0.2, 0.25) is 11.8 Å². The molecule has 0 saturated carbocycles. The molecule has 0 spiro atoms. The van der Waals surface area contributed by atoms with Crippen LogP contribution in [0.3, 0.4) is 0 Å². The second kappa shape index (κ2) is 8.24. The number of ether oxygens (including phenoxy) is 1. The van der Waals surface area contributed by atoms with Crippen molar-refractivity contribution < 1.29 is 18.7 Å². The van der Waals surface area contributed by atoms with Crippen molar-refractivity contribution in [2.75, 3.05) is 19.8 Å². The Bertz CT molecular complexity index is 585. The molecule has 132 valence electrons. The van der Waals surface area contributed by atoms with Crippen LogP contribution in [0.4, 0.5) is 4.39 Å². The van der Waals surface area contributed by atoms with E-state index in [1.807, 2.05) is 13.0 Å². The number of nitrogens with one attached hydrogen (secondary N) is 1. The van der Waals surface area contributed by atoms with Gasteiger partial charge in [-0.05, 0) is 43.4 Å². The van der Waals surface area contributed by atoms with Crippen molar-refractivity contribution in [3.8, 4) is 0 Å². The van der Waals surface area contributed by atoms with Crippen LogP contribution in [0.2, 0.25) is 0 Å². The molecule has 1 aliphatic rings. The van der Waals surface area contributed by atoms with Gasteiger partial charge in [0.1, 0.15) is 5.82 Å². The molecule has 1 fully saturated rings. The molecule has 1 aliphatic heterocycles. The lowest BCUT2D eigenvalue weighted by Crippen LogP contribution is -2.50. The number of hydrogen-bond donors (Lipinski definition) is 2. The van der Waals surface area contributed by atoms with Crippen LogP contribution in [0, 0.1) is 17.2 Å². The number of carbonyl (C=O) groups is 2. The highest BCUT2D eigenvalue weighted by molar-refractivity contribution is 5.83. The van der Waals surface area contributed by atoms with E-state index >= 15 is 0 Å². The van der Waals surface area contributed by atoms with Crippen LogP contribution in [0.5, 0.6) is 0 Å². The average Bonchev–Trinajstić information content (AvgIpc) is 2.58. The first-order valence-corrected chi connectivity index (χ1v) is 8.33. The van der Waals surface area contributed by atoms with Gasteiger partial charge in [0.15, 0.2) is 0 Å². The molecule has 0 unspecified atom stereocenters. The summed E-state index contributed by atoms with van der Waals surface area (Å²) in [6, 6.07) is 6.39. The molecule has 1 aromatic carbocycles. The summed E-state index contributed by atoms with van der Waals surface area (Å²) in [6.07, 6.45) is 2.30. The average molecular weight is 336 g/mol. The standard InChI is InChI=1S/C18H25FN2O3/c1-13(5-6-14-3-2-4-15(19)11-14)16(22)21-12-18(17(20)23)7-9-24-10-8-18/h2-4,11,13H,5-10,12H2,1H3,(H2,20,23)(H,21,22)/t13-/m1/s1. The van der Waals surface area contributed by atoms with Gasteiger partial charge in [-0.25, -0.2) is 4.39 Å². The van der Waals surface area contributed by atoms with Crippen LogP contribution in [-0.4, -0.2) is 31.6 Å². The zero-order valence-electron chi connectivity index (χ0n) is 14.0. The lowest BCUT2D eigenvalue weighted by molar-refractivity contribution is -0.134. The molecule has 0 aromatic heterocycles. The second-order valence-corrected chi connectivity index (χ2v) is 6.54. The number of aryl methyl sites for hydroxylation is 1. The van der Waals surface area contributed by atoms with Gasteiger partial charge in [0.25, 0.3) is 0 Å². The molecule has 1 saturated heterocycles. The van der Waals surface area contributed by atoms with Gasteiger partial charge < -0.3 is 15.8 Å². The van der Waals surface area contributed by atoms with Crippen LogP contribution in [-0.2, 0) is 20.7 Å². The first-order valence-electron chi connectivity index (χ1n) is 8.33. The summed E-state index contributed by atoms with van der Waals surface area (Å²) in [7, 11) is 0. The first-order chi connectivity index (χ1) is 11.4. The van der Waals surface area contributed by atoms with Gasteiger partial charge in [-0.3, -0.25) is 9.59 Å². The van der Waals surface area contributed by atoms with E-state index < -0.39 is 11.3 Å². The molecule has 2 amide bonds. The normalized spacial score (nSPS) is 17.9. The summed E-state index contributed by atoms with van der Waals surface area (Å²) in [5.41, 5.74) is 5.69. The maximum atomic E-state index is 13.2. The fraction of sp³-hybridized carbons (Fsp3) is 0.556. The molecular weight excluding hydrogens is 311 g/mol. The van der Waals surface area contributed by atoms with Crippen LogP contribution < -0.4 is 11.1 Å². The van der Waals surface area contributed by atoms with Gasteiger partial charge in [0.05, 0.1) is 5.41 Å². The Morgan fingerprint density at radius 1 is 1.38 bits per heavy atom. The SMILES string of the molecule is C[C@H](CCc1cccc(F)c1)C(=O)NCC1(C(N)=O)CCOCC1. The lowest BCUT2D eigenvalue weighted by atomic mass is 9.79. The van der Waals surface area contributed by atoms with Crippen molar-refractivity contribution in [3.05, 3.63) is 35.6 Å². The highest BCUT2D eigenvalue weighted by atomic mass is 19.1. The monoisotopic (exact) mass is 336 g/mol. The maximum Gasteiger partial charge on any atom is 0.225 e. The number of benzene rings is 1. The lowest BCUT2D eigenvalue weighted by Gasteiger charge is -2.34. The highest BCUT2D eigenvalue weighted by Gasteiger charge is 2.38. The molecule has 3 N–H and O–H groups in total. The Morgan fingerprint density at radius 2 is 2.08 bits per heavy atom. The van der Waals surface area contributed by atoms with Crippen molar-refractivity contribution >= 4 is 11.8 Å². The molecule has 1 atom stereocenters. The van der Waals surface area contributed by atoms with E-state index in [0.29, 0.717) is 38.9 Å². The van der Waals surface area contributed by atoms with Crippen LogP contribution >= 0.6 is 0 Å². The molecule has 1 heterocycles. The summed E-state index contributed by atoms with van der Waals surface area (Å²) in [6.45, 7) is 3.03. The second-order valence-electron chi connectivity index (χ2n) is 6.54. The summed E-state index contributed by atoms with van der Waals surface area (Å²) in [4.78, 5) is 24.1. The fourth-order valence-corrected chi connectivity index (χ4v) is 2.91. The number of primary amides is 1. The number of halogens is 1. The number of rotatable bonds is 7. The summed E-state index contributed by atoms with van der Waals surface area (Å²) >= 11 is 0. The largest absolute Gasteiger partial charge is 0.381 e. The predicted octanol–water partition coefficient (Wildman–Crippen LogP) is 1.79. The molecule has 1 aromatic rings. The minimum atomic E-state index is -0.712. The molecule has 5 nitrogen and oxygen atoms in total. The predicted molar refractivity (Wildman–Crippen MR) is 88.6 cm³/mol. The molecule has 0 radical (unpaired) electrons. The number of amides is 2. The first kappa shape index (κ1) is 18.4. The van der Waals surface area contributed by atoms with Crippen LogP contribution in [0.1, 0.15) is 31.7 Å². The van der Waals surface area contributed by atoms with Crippen LogP contribution in [0.25, 0.3) is 0 Å². The van der Waals surface area contributed by atoms with Gasteiger partial charge in [-0.2, -0.15) is 0 Å². The van der Waals surface area contributed by atoms with Crippen molar-refractivity contribution in [2.24, 2.45) is 17.1 Å². The third kappa shape index (κ3) is 4.77. The maximum absolute atomic E-state index is 13.2. The highest BCUT2D eigenvalue weighted by Crippen LogP contribution is 2.29. The number of nitrogens with two attached hydrogens (primary N) is 1. The fourth-order valence-electron chi connectivity index (χ4n) is 2.91. The van der Waals surface area contributed by atoms with Crippen molar-refractivity contribution in [3.63, 3.8) is 0 Å². The minimum Gasteiger partial charge on any atom is -0.381 e. The summed E-state index contributed by atoms with van der Waals surface area (Å²) in [5, 5.41) is 2.85. The Hall–Kier alpha value is -1.95. The Morgan fingerprint density at radius 3 is 2.71 bits per heavy atom. The van der Waals surface area contributed by atoms with E-state index in [-0.39, 0.29) is 24.2 Å². The Balaban J connectivity index is 1.83. The number of hydrogen-bond acceptors (Lipinski definition) is 3. The van der Waals surface area contributed by atoms with Gasteiger partial charge in [-0.1, -0.05) is 19.1 Å². The van der Waals surface area contributed by atoms with E-state index in [2.05, 4.69) is 5.32 Å². The van der Waals surface area contributed by atoms with Crippen LogP contribution in [0.15, 0.2) is 24.3 Å². The molecule has 0 bridgehead atoms. The zero-order chi connectivity index (χ0) is 17.6. The third-order valence-corrected chi connectivity index (χ3v) is 4.78. The van der Waals surface area contributed by atoms with E-state index in [9.17, 15) is 14.0 Å². The zero-order valence-corrected chi connectivity index (χ0v) is 14.0. The third-order valence-electron chi connectivity index (χ3n) is 4.78. The van der Waals surface area contributed by atoms with E-state index in [1.165, 1.54) is 12.1 Å². The molecule has 0 aliphatic carbocycles. The molecular formula is C18H25FN2O3. The van der Waals surface area contributed by atoms with E-state index in [4.69, 9.17) is 10.5 Å². The topological polar surface area (TPSA) is 81.4 Å². The van der Waals surface area contributed by atoms with Gasteiger partial charge in [-0.15, -0.1) is 0 Å². The Kier molecular flexibility index (Phi) is 6.31. The summed E-state index contributed by atoms with van der Waals surface area (Å²) in [5.74, 6) is -0.998. The molecule has 2 rings (SSSR count). The molecule has 24 heavy (non-hydrogen) atoms. The quantitative estimate of drug-likeness (QED) is 0.796. The van der Waals surface area contributed by atoms with E-state index in [0.717, 1.165) is 5.56 Å². The van der Waals surface area contributed by atoms with Gasteiger partial charge in [0, 0.05) is 25.7 Å². The Labute approximate surface area is 141 Å². The molecule has 6 heteroatoms. The smallest absolute Gasteiger partial charge is 0.225 e. The number of carbonyl (C=O) groups excluding carboxylic acids is 2. The van der Waals surface area contributed by atoms with Crippen molar-refractivity contribution in [1.82, 2.24) is 5.32 Å². The van der Waals surface area contributed by atoms with Gasteiger partial charge >= 0.3 is 0 Å². The van der Waals surface area contributed by atoms with E-state index in [1.54, 1.807) is 6.07 Å². The minimum absolute atomic E-state index is 0.112. The summed E-state index contributed by atoms with van der Waals surface area (Å²) < 4.78 is 18.4. The van der Waals surface area contributed by atoms with Crippen molar-refractivity contribution in [1.29, 1.82) is 0 Å². The van der Waals surface area contributed by atoms with Crippen molar-refractivity contribution in [2.45, 2.75) is 32.6 Å².